The number of nitrogens with zero attached hydrogens (tertiary/aromatic N) is 1. The molecule has 2 rings (SSSR count). The molecule has 1 N–H and O–H groups in total. The molecule has 17 heavy (non-hydrogen) atoms. The summed E-state index contributed by atoms with van der Waals surface area (Å²) in [4.78, 5) is 2.74. The number of hydrogen-bond acceptors (Lipinski definition) is 3. The van der Waals surface area contributed by atoms with Crippen molar-refractivity contribution in [1.82, 2.24) is 10.2 Å². The van der Waals surface area contributed by atoms with E-state index in [0.717, 1.165) is 5.25 Å². The number of rotatable bonds is 5. The summed E-state index contributed by atoms with van der Waals surface area (Å²) < 4.78 is 0. The van der Waals surface area contributed by atoms with E-state index < -0.39 is 0 Å². The molecule has 0 spiro atoms. The number of hydrogen-bond donors (Lipinski definition) is 1. The molecule has 0 aromatic heterocycles. The van der Waals surface area contributed by atoms with E-state index in [1.165, 1.54) is 64.0 Å². The Bertz CT molecular complexity index is 226. The van der Waals surface area contributed by atoms with Crippen molar-refractivity contribution in [2.75, 3.05) is 39.0 Å². The van der Waals surface area contributed by atoms with Gasteiger partial charge in [0.15, 0.2) is 0 Å². The molecule has 2 nitrogen and oxygen atoms in total. The Balaban J connectivity index is 1.88. The second-order valence-corrected chi connectivity index (χ2v) is 7.28. The summed E-state index contributed by atoms with van der Waals surface area (Å²) in [6.07, 6.45) is 7.10. The van der Waals surface area contributed by atoms with Gasteiger partial charge in [-0.2, -0.15) is 11.8 Å². The smallest absolute Gasteiger partial charge is 0.0172 e. The lowest BCUT2D eigenvalue weighted by atomic mass is 9.85. The first-order valence-corrected chi connectivity index (χ1v) is 8.31. The molecule has 2 aliphatic rings. The molecule has 0 aromatic rings. The van der Waals surface area contributed by atoms with Gasteiger partial charge in [0.2, 0.25) is 0 Å². The van der Waals surface area contributed by atoms with Gasteiger partial charge in [0.1, 0.15) is 0 Å². The van der Waals surface area contributed by atoms with Crippen molar-refractivity contribution in [3.8, 4) is 0 Å². The van der Waals surface area contributed by atoms with Crippen molar-refractivity contribution in [2.45, 2.75) is 44.3 Å². The number of thioether (sulfide) groups is 1. The molecule has 1 aliphatic carbocycles. The average molecular weight is 256 g/mol. The third-order valence-electron chi connectivity index (χ3n) is 4.45. The van der Waals surface area contributed by atoms with Gasteiger partial charge < -0.3 is 10.2 Å². The standard InChI is InChI=1S/C14H28N2S/c1-3-13-10-16(8-9-17-13)12-14(11-15-2)6-4-5-7-14/h13,15H,3-12H2,1-2H3. The van der Waals surface area contributed by atoms with Crippen LogP contribution in [-0.4, -0.2) is 49.1 Å². The van der Waals surface area contributed by atoms with E-state index in [0.29, 0.717) is 5.41 Å². The topological polar surface area (TPSA) is 15.3 Å². The van der Waals surface area contributed by atoms with Crippen LogP contribution in [0.3, 0.4) is 0 Å². The second kappa shape index (κ2) is 6.44. The minimum Gasteiger partial charge on any atom is -0.319 e. The lowest BCUT2D eigenvalue weighted by Gasteiger charge is -2.39. The highest BCUT2D eigenvalue weighted by molar-refractivity contribution is 8.00. The Kier molecular flexibility index (Phi) is 5.19. The predicted molar refractivity (Wildman–Crippen MR) is 77.8 cm³/mol. The third-order valence-corrected chi connectivity index (χ3v) is 5.83. The maximum Gasteiger partial charge on any atom is 0.0172 e. The summed E-state index contributed by atoms with van der Waals surface area (Å²) in [6, 6.07) is 0. The average Bonchev–Trinajstić information content (AvgIpc) is 2.78. The predicted octanol–water partition coefficient (Wildman–Crippen LogP) is 2.59. The van der Waals surface area contributed by atoms with E-state index in [1.807, 2.05) is 0 Å². The summed E-state index contributed by atoms with van der Waals surface area (Å²) >= 11 is 2.18. The zero-order valence-corrected chi connectivity index (χ0v) is 12.3. The Morgan fingerprint density at radius 3 is 2.76 bits per heavy atom. The maximum absolute atomic E-state index is 3.43. The van der Waals surface area contributed by atoms with Crippen LogP contribution in [0.15, 0.2) is 0 Å². The van der Waals surface area contributed by atoms with Crippen molar-refractivity contribution in [1.29, 1.82) is 0 Å². The first kappa shape index (κ1) is 13.7. The van der Waals surface area contributed by atoms with Crippen LogP contribution in [0, 0.1) is 5.41 Å². The molecular weight excluding hydrogens is 228 g/mol. The number of nitrogens with one attached hydrogen (secondary N) is 1. The molecule has 1 saturated heterocycles. The van der Waals surface area contributed by atoms with E-state index in [9.17, 15) is 0 Å². The van der Waals surface area contributed by atoms with E-state index in [2.05, 4.69) is 35.9 Å². The first-order valence-electron chi connectivity index (χ1n) is 7.26. The van der Waals surface area contributed by atoms with Gasteiger partial charge in [-0.25, -0.2) is 0 Å². The van der Waals surface area contributed by atoms with Gasteiger partial charge in [-0.05, 0) is 31.7 Å². The Labute approximate surface area is 111 Å². The zero-order chi connectivity index (χ0) is 12.1. The van der Waals surface area contributed by atoms with Crippen LogP contribution in [0.4, 0.5) is 0 Å². The van der Waals surface area contributed by atoms with Crippen LogP contribution in [0.25, 0.3) is 0 Å². The largest absolute Gasteiger partial charge is 0.319 e. The molecule has 1 heterocycles. The van der Waals surface area contributed by atoms with E-state index in [-0.39, 0.29) is 0 Å². The summed E-state index contributed by atoms with van der Waals surface area (Å²) in [5, 5.41) is 4.32. The van der Waals surface area contributed by atoms with Gasteiger partial charge in [0, 0.05) is 37.2 Å². The lowest BCUT2D eigenvalue weighted by Crippen LogP contribution is -2.46. The molecule has 0 aromatic carbocycles. The van der Waals surface area contributed by atoms with Gasteiger partial charge >= 0.3 is 0 Å². The normalized spacial score (nSPS) is 29.6. The van der Waals surface area contributed by atoms with Crippen molar-refractivity contribution in [2.24, 2.45) is 5.41 Å². The highest BCUT2D eigenvalue weighted by Gasteiger charge is 2.35. The molecule has 0 bridgehead atoms. The van der Waals surface area contributed by atoms with Gasteiger partial charge in [-0.1, -0.05) is 19.8 Å². The Morgan fingerprint density at radius 1 is 1.35 bits per heavy atom. The van der Waals surface area contributed by atoms with Gasteiger partial charge in [-0.3, -0.25) is 0 Å². The molecule has 0 amide bonds. The highest BCUT2D eigenvalue weighted by Crippen LogP contribution is 2.39. The second-order valence-electron chi connectivity index (χ2n) is 5.87. The quantitative estimate of drug-likeness (QED) is 0.814. The van der Waals surface area contributed by atoms with Crippen molar-refractivity contribution >= 4 is 11.8 Å². The fourth-order valence-electron chi connectivity index (χ4n) is 3.54. The summed E-state index contributed by atoms with van der Waals surface area (Å²) in [5.41, 5.74) is 0.592. The fourth-order valence-corrected chi connectivity index (χ4v) is 4.79. The molecule has 1 saturated carbocycles. The first-order chi connectivity index (χ1) is 8.28. The molecule has 2 fully saturated rings. The molecule has 1 unspecified atom stereocenters. The van der Waals surface area contributed by atoms with Crippen LogP contribution in [0.1, 0.15) is 39.0 Å². The minimum atomic E-state index is 0.592. The van der Waals surface area contributed by atoms with E-state index in [4.69, 9.17) is 0 Å². The van der Waals surface area contributed by atoms with Crippen molar-refractivity contribution in [3.63, 3.8) is 0 Å². The van der Waals surface area contributed by atoms with E-state index >= 15 is 0 Å². The Morgan fingerprint density at radius 2 is 2.12 bits per heavy atom. The van der Waals surface area contributed by atoms with Crippen LogP contribution >= 0.6 is 11.8 Å². The monoisotopic (exact) mass is 256 g/mol. The fraction of sp³-hybridized carbons (Fsp3) is 1.00. The SMILES string of the molecule is CCC1CN(CC2(CNC)CCCC2)CCS1. The van der Waals surface area contributed by atoms with Gasteiger partial charge in [-0.15, -0.1) is 0 Å². The van der Waals surface area contributed by atoms with Crippen molar-refractivity contribution in [3.05, 3.63) is 0 Å². The van der Waals surface area contributed by atoms with E-state index in [1.54, 1.807) is 0 Å². The Hall–Kier alpha value is 0.270. The summed E-state index contributed by atoms with van der Waals surface area (Å²) in [7, 11) is 2.11. The molecule has 3 heteroatoms. The third kappa shape index (κ3) is 3.62. The molecule has 1 atom stereocenters. The molecule has 100 valence electrons. The molecular formula is C14H28N2S. The minimum absolute atomic E-state index is 0.592. The van der Waals surface area contributed by atoms with Crippen LogP contribution < -0.4 is 5.32 Å². The van der Waals surface area contributed by atoms with Crippen molar-refractivity contribution < 1.29 is 0 Å². The maximum atomic E-state index is 3.43. The highest BCUT2D eigenvalue weighted by atomic mass is 32.2. The molecule has 1 aliphatic heterocycles. The van der Waals surface area contributed by atoms with Crippen LogP contribution in [-0.2, 0) is 0 Å². The zero-order valence-electron chi connectivity index (χ0n) is 11.5. The summed E-state index contributed by atoms with van der Waals surface area (Å²) in [5.74, 6) is 1.34. The summed E-state index contributed by atoms with van der Waals surface area (Å²) in [6.45, 7) is 7.53. The van der Waals surface area contributed by atoms with Crippen LogP contribution in [0.5, 0.6) is 0 Å². The molecule has 0 radical (unpaired) electrons. The lowest BCUT2D eigenvalue weighted by molar-refractivity contribution is 0.154. The van der Waals surface area contributed by atoms with Gasteiger partial charge in [0.05, 0.1) is 0 Å². The van der Waals surface area contributed by atoms with Crippen LogP contribution in [0.2, 0.25) is 0 Å². The van der Waals surface area contributed by atoms with Gasteiger partial charge in [0.25, 0.3) is 0 Å².